The fraction of sp³-hybridized carbons (Fsp3) is 0.353. The number of hydrogen-bond acceptors (Lipinski definition) is 5. The van der Waals surface area contributed by atoms with Gasteiger partial charge in [-0.3, -0.25) is 14.7 Å². The number of nitrogens with zero attached hydrogens (tertiary/aromatic N) is 3. The molecule has 0 saturated carbocycles. The first-order chi connectivity index (χ1) is 11.3. The number of thiophene rings is 2. The Kier molecular flexibility index (Phi) is 3.76. The van der Waals surface area contributed by atoms with Crippen molar-refractivity contribution in [1.29, 1.82) is 5.26 Å². The van der Waals surface area contributed by atoms with E-state index >= 15 is 0 Å². The normalized spacial score (nSPS) is 17.1. The van der Waals surface area contributed by atoms with E-state index < -0.39 is 0 Å². The summed E-state index contributed by atoms with van der Waals surface area (Å²) in [7, 11) is 0. The zero-order chi connectivity index (χ0) is 15.8. The molecule has 0 fully saturated rings. The van der Waals surface area contributed by atoms with E-state index in [4.69, 9.17) is 5.26 Å². The predicted octanol–water partition coefficient (Wildman–Crippen LogP) is 3.40. The molecule has 116 valence electrons. The Balaban J connectivity index is 1.95. The monoisotopic (exact) mass is 341 g/mol. The van der Waals surface area contributed by atoms with Gasteiger partial charge in [0, 0.05) is 10.4 Å². The van der Waals surface area contributed by atoms with Gasteiger partial charge in [-0.25, -0.2) is 0 Å². The second-order valence-electron chi connectivity index (χ2n) is 5.67. The van der Waals surface area contributed by atoms with Gasteiger partial charge < -0.3 is 0 Å². The van der Waals surface area contributed by atoms with Gasteiger partial charge in [0.1, 0.15) is 18.1 Å². The van der Waals surface area contributed by atoms with E-state index in [9.17, 15) is 4.79 Å². The molecule has 0 N–H and O–H groups in total. The second kappa shape index (κ2) is 5.91. The number of hydrogen-bond donors (Lipinski definition) is 0. The molecule has 2 aliphatic rings. The first-order valence-corrected chi connectivity index (χ1v) is 9.39. The number of carbonyl (C=O) groups excluding carboxylic acids is 1. The van der Waals surface area contributed by atoms with Crippen LogP contribution in [0.1, 0.15) is 33.7 Å². The molecule has 1 aliphatic heterocycles. The first-order valence-electron chi connectivity index (χ1n) is 7.70. The predicted molar refractivity (Wildman–Crippen MR) is 93.8 cm³/mol. The quantitative estimate of drug-likeness (QED) is 0.786. The average Bonchev–Trinajstić information content (AvgIpc) is 3.19. The molecule has 0 atom stereocenters. The molecule has 0 spiro atoms. The van der Waals surface area contributed by atoms with E-state index in [1.165, 1.54) is 23.3 Å². The lowest BCUT2D eigenvalue weighted by molar-refractivity contribution is -0.117. The molecule has 4 nitrogen and oxygen atoms in total. The van der Waals surface area contributed by atoms with Crippen LogP contribution in [0.2, 0.25) is 0 Å². The lowest BCUT2D eigenvalue weighted by Gasteiger charge is -2.17. The van der Waals surface area contributed by atoms with Gasteiger partial charge in [0.15, 0.2) is 0 Å². The summed E-state index contributed by atoms with van der Waals surface area (Å²) in [6.07, 6.45) is 4.49. The summed E-state index contributed by atoms with van der Waals surface area (Å²) in [5.74, 6) is -0.0852. The Morgan fingerprint density at radius 2 is 2.22 bits per heavy atom. The highest BCUT2D eigenvalue weighted by Gasteiger charge is 2.32. The van der Waals surface area contributed by atoms with E-state index in [1.54, 1.807) is 27.6 Å². The van der Waals surface area contributed by atoms with Crippen LogP contribution in [0.4, 0.5) is 5.00 Å². The first kappa shape index (κ1) is 14.6. The number of carbonyl (C=O) groups is 1. The van der Waals surface area contributed by atoms with Crippen molar-refractivity contribution in [1.82, 2.24) is 0 Å². The Bertz CT molecular complexity index is 827. The Hall–Kier alpha value is -1.97. The van der Waals surface area contributed by atoms with E-state index in [-0.39, 0.29) is 19.0 Å². The molecule has 2 aromatic heterocycles. The van der Waals surface area contributed by atoms with Crippen LogP contribution in [0.5, 0.6) is 0 Å². The molecule has 0 saturated heterocycles. The molecule has 6 heteroatoms. The van der Waals surface area contributed by atoms with Crippen LogP contribution in [0, 0.1) is 11.3 Å². The van der Waals surface area contributed by atoms with Crippen molar-refractivity contribution >= 4 is 39.3 Å². The lowest BCUT2D eigenvalue weighted by Crippen LogP contribution is -2.32. The smallest absolute Gasteiger partial charge is 0.250 e. The largest absolute Gasteiger partial charge is 0.288 e. The van der Waals surface area contributed by atoms with E-state index in [1.807, 2.05) is 11.4 Å². The molecule has 1 aliphatic carbocycles. The third kappa shape index (κ3) is 2.41. The van der Waals surface area contributed by atoms with Crippen LogP contribution in [0.25, 0.3) is 0 Å². The van der Waals surface area contributed by atoms with Crippen LogP contribution < -0.4 is 4.90 Å². The van der Waals surface area contributed by atoms with Crippen molar-refractivity contribution in [3.63, 3.8) is 0 Å². The molecular weight excluding hydrogens is 326 g/mol. The zero-order valence-electron chi connectivity index (χ0n) is 12.5. The molecule has 3 heterocycles. The summed E-state index contributed by atoms with van der Waals surface area (Å²) in [4.78, 5) is 21.2. The van der Waals surface area contributed by atoms with Crippen molar-refractivity contribution < 1.29 is 4.79 Å². The lowest BCUT2D eigenvalue weighted by atomic mass is 9.93. The van der Waals surface area contributed by atoms with Crippen LogP contribution in [0.15, 0.2) is 22.5 Å². The second-order valence-corrected chi connectivity index (χ2v) is 7.70. The maximum atomic E-state index is 12.5. The molecule has 0 unspecified atom stereocenters. The highest BCUT2D eigenvalue weighted by molar-refractivity contribution is 7.17. The molecule has 0 aromatic carbocycles. The van der Waals surface area contributed by atoms with Crippen molar-refractivity contribution in [2.75, 3.05) is 18.0 Å². The van der Waals surface area contributed by atoms with Crippen LogP contribution in [-0.2, 0) is 17.6 Å². The van der Waals surface area contributed by atoms with Gasteiger partial charge in [-0.15, -0.1) is 22.7 Å². The highest BCUT2D eigenvalue weighted by atomic mass is 32.1. The number of fused-ring (bicyclic) bond motifs is 3. The van der Waals surface area contributed by atoms with Gasteiger partial charge in [0.05, 0.1) is 16.7 Å². The Morgan fingerprint density at radius 3 is 3.00 bits per heavy atom. The van der Waals surface area contributed by atoms with Gasteiger partial charge in [-0.1, -0.05) is 6.07 Å². The van der Waals surface area contributed by atoms with Gasteiger partial charge in [0.2, 0.25) is 5.91 Å². The molecule has 0 bridgehead atoms. The van der Waals surface area contributed by atoms with Crippen molar-refractivity contribution in [2.45, 2.75) is 25.7 Å². The summed E-state index contributed by atoms with van der Waals surface area (Å²) in [5.41, 5.74) is 3.39. The summed E-state index contributed by atoms with van der Waals surface area (Å²) in [6.45, 7) is 0.212. The van der Waals surface area contributed by atoms with Crippen LogP contribution in [-0.4, -0.2) is 24.7 Å². The summed E-state index contributed by atoms with van der Waals surface area (Å²) >= 11 is 3.33. The van der Waals surface area contributed by atoms with Gasteiger partial charge in [0.25, 0.3) is 0 Å². The minimum Gasteiger partial charge on any atom is -0.288 e. The third-order valence-corrected chi connectivity index (χ3v) is 6.48. The van der Waals surface area contributed by atoms with Gasteiger partial charge in [-0.2, -0.15) is 5.26 Å². The number of aryl methyl sites for hydroxylation is 1. The van der Waals surface area contributed by atoms with E-state index in [0.717, 1.165) is 34.0 Å². The standard InChI is InChI=1S/C17H15N3OS2/c18-7-8-20-14(21)10-19-16(13-6-3-9-22-13)15-11-4-1-2-5-12(11)23-17(15)20/h3,6,9H,1-2,4-5,8,10H2. The zero-order valence-corrected chi connectivity index (χ0v) is 14.2. The third-order valence-electron chi connectivity index (χ3n) is 4.29. The number of anilines is 1. The fourth-order valence-electron chi connectivity index (χ4n) is 3.26. The van der Waals surface area contributed by atoms with E-state index in [0.29, 0.717) is 0 Å². The van der Waals surface area contributed by atoms with Crippen LogP contribution in [0.3, 0.4) is 0 Å². The average molecular weight is 341 g/mol. The highest BCUT2D eigenvalue weighted by Crippen LogP contribution is 2.42. The minimum atomic E-state index is -0.0852. The number of aliphatic imine (C=N–C) groups is 1. The number of amides is 1. The van der Waals surface area contributed by atoms with Crippen molar-refractivity contribution in [2.24, 2.45) is 4.99 Å². The minimum absolute atomic E-state index is 0.0852. The molecule has 4 rings (SSSR count). The Morgan fingerprint density at radius 1 is 1.35 bits per heavy atom. The maximum Gasteiger partial charge on any atom is 0.250 e. The number of rotatable bonds is 2. The SMILES string of the molecule is N#CCN1C(=O)CN=C(c2cccs2)c2c1sc1c2CCCC1. The topological polar surface area (TPSA) is 56.5 Å². The molecule has 23 heavy (non-hydrogen) atoms. The summed E-state index contributed by atoms with van der Waals surface area (Å²) < 4.78 is 0. The van der Waals surface area contributed by atoms with Crippen molar-refractivity contribution in [3.8, 4) is 6.07 Å². The van der Waals surface area contributed by atoms with E-state index in [2.05, 4.69) is 17.1 Å². The summed E-state index contributed by atoms with van der Waals surface area (Å²) in [5, 5.41) is 12.1. The fourth-order valence-corrected chi connectivity index (χ4v) is 5.40. The molecular formula is C17H15N3OS2. The molecule has 0 radical (unpaired) electrons. The number of nitriles is 1. The van der Waals surface area contributed by atoms with Crippen LogP contribution >= 0.6 is 22.7 Å². The Labute approximate surface area is 142 Å². The van der Waals surface area contributed by atoms with Gasteiger partial charge >= 0.3 is 0 Å². The molecule has 2 aromatic rings. The summed E-state index contributed by atoms with van der Waals surface area (Å²) in [6, 6.07) is 6.20. The maximum absolute atomic E-state index is 12.5. The molecule has 1 amide bonds. The van der Waals surface area contributed by atoms with Gasteiger partial charge in [-0.05, 0) is 42.7 Å². The van der Waals surface area contributed by atoms with Crippen molar-refractivity contribution in [3.05, 3.63) is 38.4 Å².